The second kappa shape index (κ2) is 7.00. The van der Waals surface area contributed by atoms with Crippen molar-refractivity contribution in [3.63, 3.8) is 0 Å². The van der Waals surface area contributed by atoms with E-state index in [0.29, 0.717) is 36.8 Å². The Balaban J connectivity index is 2.26. The van der Waals surface area contributed by atoms with E-state index in [1.807, 2.05) is 0 Å². The summed E-state index contributed by atoms with van der Waals surface area (Å²) in [5.41, 5.74) is 5.72. The molecule has 0 spiro atoms. The van der Waals surface area contributed by atoms with Crippen molar-refractivity contribution in [2.45, 2.75) is 58.9 Å². The fourth-order valence-electron chi connectivity index (χ4n) is 2.56. The number of nitrogens with one attached hydrogen (secondary N) is 1. The van der Waals surface area contributed by atoms with Crippen LogP contribution in [0.4, 0.5) is 0 Å². The largest absolute Gasteiger partial charge is 0.353 e. The van der Waals surface area contributed by atoms with Crippen LogP contribution in [0.1, 0.15) is 52.9 Å². The van der Waals surface area contributed by atoms with E-state index in [-0.39, 0.29) is 5.91 Å². The first-order valence-electron chi connectivity index (χ1n) is 7.02. The van der Waals surface area contributed by atoms with Crippen molar-refractivity contribution < 1.29 is 4.79 Å². The van der Waals surface area contributed by atoms with Crippen molar-refractivity contribution in [1.29, 1.82) is 0 Å². The molecule has 0 saturated heterocycles. The first-order valence-corrected chi connectivity index (χ1v) is 7.02. The Morgan fingerprint density at radius 2 is 2.00 bits per heavy atom. The summed E-state index contributed by atoms with van der Waals surface area (Å²) in [6.45, 7) is 7.10. The van der Waals surface area contributed by atoms with E-state index in [9.17, 15) is 4.79 Å². The topological polar surface area (TPSA) is 55.1 Å². The van der Waals surface area contributed by atoms with Gasteiger partial charge in [0.2, 0.25) is 5.91 Å². The Bertz CT molecular complexity index is 236. The van der Waals surface area contributed by atoms with Crippen molar-refractivity contribution in [2.75, 3.05) is 6.54 Å². The van der Waals surface area contributed by atoms with E-state index < -0.39 is 0 Å². The van der Waals surface area contributed by atoms with E-state index in [1.54, 1.807) is 0 Å². The first kappa shape index (κ1) is 14.5. The summed E-state index contributed by atoms with van der Waals surface area (Å²) in [5.74, 6) is 1.84. The molecule has 1 aliphatic rings. The number of hydrogen-bond acceptors (Lipinski definition) is 2. The van der Waals surface area contributed by atoms with Crippen LogP contribution in [-0.4, -0.2) is 18.5 Å². The van der Waals surface area contributed by atoms with Gasteiger partial charge in [0.25, 0.3) is 0 Å². The quantitative estimate of drug-likeness (QED) is 0.717. The fraction of sp³-hybridized carbons (Fsp3) is 0.929. The highest BCUT2D eigenvalue weighted by molar-refractivity contribution is 5.76. The molecule has 1 saturated carbocycles. The minimum absolute atomic E-state index is 0.181. The number of carbonyl (C=O) groups excluding carboxylic acids is 1. The highest BCUT2D eigenvalue weighted by Gasteiger charge is 2.25. The maximum Gasteiger partial charge on any atom is 0.220 e. The summed E-state index contributed by atoms with van der Waals surface area (Å²) in [6.07, 6.45) is 5.50. The Hall–Kier alpha value is -0.570. The summed E-state index contributed by atoms with van der Waals surface area (Å²) in [7, 11) is 0. The molecule has 3 nitrogen and oxygen atoms in total. The van der Waals surface area contributed by atoms with Gasteiger partial charge in [0.1, 0.15) is 0 Å². The average molecular weight is 240 g/mol. The Labute approximate surface area is 106 Å². The van der Waals surface area contributed by atoms with E-state index in [2.05, 4.69) is 26.1 Å². The van der Waals surface area contributed by atoms with Gasteiger partial charge in [-0.05, 0) is 50.5 Å². The third-order valence-electron chi connectivity index (χ3n) is 3.86. The number of nitrogens with two attached hydrogens (primary N) is 1. The van der Waals surface area contributed by atoms with Crippen LogP contribution in [0.3, 0.4) is 0 Å². The van der Waals surface area contributed by atoms with Crippen molar-refractivity contribution in [2.24, 2.45) is 23.5 Å². The summed E-state index contributed by atoms with van der Waals surface area (Å²) in [4.78, 5) is 11.9. The molecule has 3 N–H and O–H groups in total. The second-order valence-corrected chi connectivity index (χ2v) is 5.98. The van der Waals surface area contributed by atoms with E-state index in [1.165, 1.54) is 19.3 Å². The van der Waals surface area contributed by atoms with Gasteiger partial charge in [-0.1, -0.05) is 20.3 Å². The third-order valence-corrected chi connectivity index (χ3v) is 3.86. The number of carbonyl (C=O) groups is 1. The summed E-state index contributed by atoms with van der Waals surface area (Å²) < 4.78 is 0. The van der Waals surface area contributed by atoms with Gasteiger partial charge in [0.05, 0.1) is 0 Å². The molecule has 0 heterocycles. The molecule has 1 amide bonds. The molecular formula is C14H28N2O. The van der Waals surface area contributed by atoms with Crippen LogP contribution in [0.5, 0.6) is 0 Å². The minimum atomic E-state index is 0.181. The first-order chi connectivity index (χ1) is 8.02. The van der Waals surface area contributed by atoms with E-state index >= 15 is 0 Å². The Morgan fingerprint density at radius 3 is 2.41 bits per heavy atom. The van der Waals surface area contributed by atoms with Crippen LogP contribution in [0.15, 0.2) is 0 Å². The number of amides is 1. The molecule has 2 atom stereocenters. The SMILES string of the molecule is CC(C)CC(CN)CC(=O)NC(C)C1CCC1. The molecule has 0 aromatic heterocycles. The molecule has 100 valence electrons. The van der Waals surface area contributed by atoms with Gasteiger partial charge in [0, 0.05) is 12.5 Å². The fourth-order valence-corrected chi connectivity index (χ4v) is 2.56. The van der Waals surface area contributed by atoms with E-state index in [0.717, 1.165) is 6.42 Å². The van der Waals surface area contributed by atoms with Crippen LogP contribution in [0.25, 0.3) is 0 Å². The highest BCUT2D eigenvalue weighted by atomic mass is 16.1. The van der Waals surface area contributed by atoms with Gasteiger partial charge in [-0.25, -0.2) is 0 Å². The van der Waals surface area contributed by atoms with Gasteiger partial charge in [-0.15, -0.1) is 0 Å². The molecule has 0 aromatic rings. The Morgan fingerprint density at radius 1 is 1.35 bits per heavy atom. The summed E-state index contributed by atoms with van der Waals surface area (Å²) in [5, 5.41) is 3.13. The molecule has 1 aliphatic carbocycles. The summed E-state index contributed by atoms with van der Waals surface area (Å²) in [6, 6.07) is 0.341. The van der Waals surface area contributed by atoms with Crippen molar-refractivity contribution in [3.05, 3.63) is 0 Å². The zero-order valence-corrected chi connectivity index (χ0v) is 11.5. The lowest BCUT2D eigenvalue weighted by atomic mass is 9.80. The zero-order chi connectivity index (χ0) is 12.8. The van der Waals surface area contributed by atoms with Crippen molar-refractivity contribution in [1.82, 2.24) is 5.32 Å². The average Bonchev–Trinajstić information content (AvgIpc) is 2.12. The molecule has 0 radical (unpaired) electrons. The van der Waals surface area contributed by atoms with Crippen molar-refractivity contribution >= 4 is 5.91 Å². The van der Waals surface area contributed by atoms with Gasteiger partial charge >= 0.3 is 0 Å². The third kappa shape index (κ3) is 5.07. The van der Waals surface area contributed by atoms with Gasteiger partial charge < -0.3 is 11.1 Å². The van der Waals surface area contributed by atoms with Crippen LogP contribution in [-0.2, 0) is 4.79 Å². The van der Waals surface area contributed by atoms with Crippen LogP contribution < -0.4 is 11.1 Å². The second-order valence-electron chi connectivity index (χ2n) is 5.98. The molecule has 17 heavy (non-hydrogen) atoms. The molecule has 0 aliphatic heterocycles. The van der Waals surface area contributed by atoms with Crippen LogP contribution >= 0.6 is 0 Å². The number of hydrogen-bond donors (Lipinski definition) is 2. The molecular weight excluding hydrogens is 212 g/mol. The lowest BCUT2D eigenvalue weighted by molar-refractivity contribution is -0.123. The molecule has 0 bridgehead atoms. The minimum Gasteiger partial charge on any atom is -0.353 e. The molecule has 2 unspecified atom stereocenters. The maximum absolute atomic E-state index is 11.9. The normalized spacial score (nSPS) is 19.8. The van der Waals surface area contributed by atoms with E-state index in [4.69, 9.17) is 5.73 Å². The molecule has 1 fully saturated rings. The van der Waals surface area contributed by atoms with Crippen LogP contribution in [0, 0.1) is 17.8 Å². The zero-order valence-electron chi connectivity index (χ0n) is 11.5. The lowest BCUT2D eigenvalue weighted by Crippen LogP contribution is -2.41. The van der Waals surface area contributed by atoms with Gasteiger partial charge in [-0.3, -0.25) is 4.79 Å². The predicted molar refractivity (Wildman–Crippen MR) is 71.6 cm³/mol. The lowest BCUT2D eigenvalue weighted by Gasteiger charge is -2.32. The van der Waals surface area contributed by atoms with Gasteiger partial charge in [-0.2, -0.15) is 0 Å². The highest BCUT2D eigenvalue weighted by Crippen LogP contribution is 2.29. The molecule has 1 rings (SSSR count). The summed E-state index contributed by atoms with van der Waals surface area (Å²) >= 11 is 0. The van der Waals surface area contributed by atoms with Gasteiger partial charge in [0.15, 0.2) is 0 Å². The molecule has 0 aromatic carbocycles. The smallest absolute Gasteiger partial charge is 0.220 e. The monoisotopic (exact) mass is 240 g/mol. The van der Waals surface area contributed by atoms with Crippen molar-refractivity contribution in [3.8, 4) is 0 Å². The maximum atomic E-state index is 11.9. The number of rotatable bonds is 7. The Kier molecular flexibility index (Phi) is 5.96. The predicted octanol–water partition coefficient (Wildman–Crippen LogP) is 2.30. The van der Waals surface area contributed by atoms with Crippen LogP contribution in [0.2, 0.25) is 0 Å². The molecule has 3 heteroatoms. The standard InChI is InChI=1S/C14H28N2O/c1-10(2)7-12(9-15)8-14(17)16-11(3)13-5-4-6-13/h10-13H,4-9,15H2,1-3H3,(H,16,17).